The van der Waals surface area contributed by atoms with Crippen LogP contribution in [0.1, 0.15) is 5.56 Å². The molecule has 10 heteroatoms. The summed E-state index contributed by atoms with van der Waals surface area (Å²) in [6, 6.07) is 12.3. The minimum atomic E-state index is -0.292. The zero-order chi connectivity index (χ0) is 21.6. The molecule has 0 amide bonds. The van der Waals surface area contributed by atoms with Gasteiger partial charge in [0.05, 0.1) is 24.8 Å². The van der Waals surface area contributed by atoms with Gasteiger partial charge in [0.25, 0.3) is 0 Å². The third-order valence-electron chi connectivity index (χ3n) is 5.61. The van der Waals surface area contributed by atoms with Gasteiger partial charge in [-0.05, 0) is 30.0 Å². The van der Waals surface area contributed by atoms with E-state index in [1.165, 1.54) is 12.7 Å². The minimum Gasteiger partial charge on any atom is -0.495 e. The highest BCUT2D eigenvalue weighted by Gasteiger charge is 2.21. The normalized spacial score (nSPS) is 13.7. The Balaban J connectivity index is 0.00000193. The molecule has 0 saturated carbocycles. The summed E-state index contributed by atoms with van der Waals surface area (Å²) in [5.74, 6) is 0.633. The van der Waals surface area contributed by atoms with Crippen molar-refractivity contribution < 1.29 is 14.3 Å². The first-order valence-electron chi connectivity index (χ1n) is 10.4. The molecule has 0 unspecified atom stereocenters. The predicted molar refractivity (Wildman–Crippen MR) is 137 cm³/mol. The van der Waals surface area contributed by atoms with Gasteiger partial charge in [0.15, 0.2) is 0 Å². The Labute approximate surface area is 211 Å². The van der Waals surface area contributed by atoms with Gasteiger partial charge in [-0.2, -0.15) is 5.10 Å². The lowest BCUT2D eigenvalue weighted by molar-refractivity contribution is -0.141. The molecule has 3 heterocycles. The number of para-hydroxylation sites is 2. The minimum absolute atomic E-state index is 0. The number of esters is 1. The summed E-state index contributed by atoms with van der Waals surface area (Å²) < 4.78 is 12.0. The van der Waals surface area contributed by atoms with Crippen molar-refractivity contribution in [1.82, 2.24) is 14.7 Å². The topological polar surface area (TPSA) is 59.8 Å². The Hall–Kier alpha value is -2.26. The van der Waals surface area contributed by atoms with Crippen molar-refractivity contribution in [3.63, 3.8) is 0 Å². The van der Waals surface area contributed by atoms with Crippen molar-refractivity contribution in [1.29, 1.82) is 0 Å². The molecule has 0 aliphatic carbocycles. The summed E-state index contributed by atoms with van der Waals surface area (Å²) in [6.45, 7) is 5.04. The molecule has 3 aromatic rings. The Kier molecular flexibility index (Phi) is 10.5. The first-order chi connectivity index (χ1) is 15.2. The monoisotopic (exact) mass is 512 g/mol. The fraction of sp³-hybridized carbons (Fsp3) is 0.391. The Morgan fingerprint density at radius 1 is 1.06 bits per heavy atom. The molecule has 7 nitrogen and oxygen atoms in total. The fourth-order valence-corrected chi connectivity index (χ4v) is 4.67. The molecule has 0 radical (unpaired) electrons. The average molecular weight is 513 g/mol. The molecule has 1 fully saturated rings. The molecule has 1 aliphatic rings. The molecule has 180 valence electrons. The van der Waals surface area contributed by atoms with E-state index in [2.05, 4.69) is 38.5 Å². The summed E-state index contributed by atoms with van der Waals surface area (Å²) in [7, 11) is 3.12. The molecule has 0 bridgehead atoms. The van der Waals surface area contributed by atoms with Crippen molar-refractivity contribution in [3.05, 3.63) is 53.5 Å². The Bertz CT molecular complexity index is 1010. The smallest absolute Gasteiger partial charge is 0.327 e. The number of thiophene rings is 1. The maximum atomic E-state index is 11.7. The van der Waals surface area contributed by atoms with Crippen LogP contribution in [0.15, 0.2) is 48.0 Å². The first-order valence-corrected chi connectivity index (χ1v) is 11.3. The number of carbonyl (C=O) groups is 1. The van der Waals surface area contributed by atoms with Crippen LogP contribution in [0.25, 0.3) is 10.6 Å². The van der Waals surface area contributed by atoms with Crippen LogP contribution in [-0.4, -0.2) is 67.6 Å². The number of nitrogens with zero attached hydrogens (tertiary/aromatic N) is 4. The number of piperazine rings is 1. The van der Waals surface area contributed by atoms with E-state index in [1.54, 1.807) is 23.1 Å². The van der Waals surface area contributed by atoms with Gasteiger partial charge in [-0.15, -0.1) is 36.2 Å². The van der Waals surface area contributed by atoms with Gasteiger partial charge in [-0.1, -0.05) is 18.2 Å². The fourth-order valence-electron chi connectivity index (χ4n) is 3.93. The van der Waals surface area contributed by atoms with E-state index in [0.717, 1.165) is 61.2 Å². The summed E-state index contributed by atoms with van der Waals surface area (Å²) in [4.78, 5) is 17.7. The van der Waals surface area contributed by atoms with Crippen molar-refractivity contribution in [3.8, 4) is 16.3 Å². The lowest BCUT2D eigenvalue weighted by Gasteiger charge is -2.36. The van der Waals surface area contributed by atoms with Crippen molar-refractivity contribution in [2.45, 2.75) is 13.0 Å². The van der Waals surface area contributed by atoms with Crippen LogP contribution >= 0.6 is 36.2 Å². The molecular formula is C23H30Cl2N4O3S. The summed E-state index contributed by atoms with van der Waals surface area (Å²) in [5.41, 5.74) is 3.29. The maximum Gasteiger partial charge on any atom is 0.327 e. The molecule has 0 atom stereocenters. The third-order valence-corrected chi connectivity index (χ3v) is 6.48. The zero-order valence-corrected chi connectivity index (χ0v) is 21.3. The van der Waals surface area contributed by atoms with E-state index in [-0.39, 0.29) is 37.3 Å². The molecule has 4 rings (SSSR count). The zero-order valence-electron chi connectivity index (χ0n) is 18.8. The number of anilines is 1. The summed E-state index contributed by atoms with van der Waals surface area (Å²) in [5, 5.41) is 6.71. The van der Waals surface area contributed by atoms with E-state index in [4.69, 9.17) is 9.47 Å². The summed E-state index contributed by atoms with van der Waals surface area (Å²) >= 11 is 1.67. The molecule has 0 N–H and O–H groups in total. The molecule has 1 saturated heterocycles. The van der Waals surface area contributed by atoms with Gasteiger partial charge < -0.3 is 14.4 Å². The second-order valence-corrected chi connectivity index (χ2v) is 8.45. The average Bonchev–Trinajstić information content (AvgIpc) is 3.48. The summed E-state index contributed by atoms with van der Waals surface area (Å²) in [6.07, 6.45) is 2.88. The number of hydrogen-bond acceptors (Lipinski definition) is 7. The van der Waals surface area contributed by atoms with Crippen LogP contribution in [0.2, 0.25) is 0 Å². The first kappa shape index (κ1) is 27.0. The van der Waals surface area contributed by atoms with Crippen molar-refractivity contribution in [2.75, 3.05) is 51.8 Å². The highest BCUT2D eigenvalue weighted by molar-refractivity contribution is 7.13. The highest BCUT2D eigenvalue weighted by atomic mass is 35.5. The lowest BCUT2D eigenvalue weighted by atomic mass is 10.1. The van der Waals surface area contributed by atoms with Crippen molar-refractivity contribution >= 4 is 47.8 Å². The van der Waals surface area contributed by atoms with Crippen LogP contribution < -0.4 is 9.64 Å². The number of hydrogen-bond donors (Lipinski definition) is 0. The Morgan fingerprint density at radius 2 is 1.82 bits per heavy atom. The van der Waals surface area contributed by atoms with E-state index in [9.17, 15) is 4.79 Å². The second-order valence-electron chi connectivity index (χ2n) is 7.50. The second kappa shape index (κ2) is 12.8. The standard InChI is InChI=1S/C23H28N4O3S.2ClH/c1-29-20-7-4-3-6-19(20)26-13-11-25(12-14-26)10-9-18-16-27(17-22(28)30-2)24-23(18)21-8-5-15-31-21;;/h3-8,15-16H,9-14,17H2,1-2H3;2*1H. The number of benzene rings is 1. The molecule has 1 aliphatic heterocycles. The number of carbonyl (C=O) groups excluding carboxylic acids is 1. The SMILES string of the molecule is COC(=O)Cn1cc(CCN2CCN(c3ccccc3OC)CC2)c(-c2cccs2)n1.Cl.Cl. The van der Waals surface area contributed by atoms with Gasteiger partial charge >= 0.3 is 5.97 Å². The van der Waals surface area contributed by atoms with Crippen LogP contribution in [0.5, 0.6) is 5.75 Å². The number of methoxy groups -OCH3 is 2. The molecule has 1 aromatic carbocycles. The van der Waals surface area contributed by atoms with E-state index >= 15 is 0 Å². The predicted octanol–water partition coefficient (Wildman–Crippen LogP) is 4.00. The molecule has 33 heavy (non-hydrogen) atoms. The van der Waals surface area contributed by atoms with Crippen LogP contribution in [0, 0.1) is 0 Å². The van der Waals surface area contributed by atoms with Gasteiger partial charge in [-0.3, -0.25) is 14.4 Å². The molecule has 0 spiro atoms. The lowest BCUT2D eigenvalue weighted by Crippen LogP contribution is -2.47. The van der Waals surface area contributed by atoms with Gasteiger partial charge in [-0.25, -0.2) is 0 Å². The Morgan fingerprint density at radius 3 is 2.48 bits per heavy atom. The van der Waals surface area contributed by atoms with E-state index < -0.39 is 0 Å². The van der Waals surface area contributed by atoms with Gasteiger partial charge in [0.2, 0.25) is 0 Å². The van der Waals surface area contributed by atoms with Crippen LogP contribution in [0.4, 0.5) is 5.69 Å². The molecular weight excluding hydrogens is 483 g/mol. The largest absolute Gasteiger partial charge is 0.495 e. The van der Waals surface area contributed by atoms with Gasteiger partial charge in [0, 0.05) is 44.5 Å². The van der Waals surface area contributed by atoms with E-state index in [1.807, 2.05) is 24.4 Å². The van der Waals surface area contributed by atoms with E-state index in [0.29, 0.717) is 0 Å². The van der Waals surface area contributed by atoms with Crippen molar-refractivity contribution in [2.24, 2.45) is 0 Å². The number of aromatic nitrogens is 2. The maximum absolute atomic E-state index is 11.7. The number of halogens is 2. The number of rotatable bonds is 8. The van der Waals surface area contributed by atoms with Crippen LogP contribution in [-0.2, 0) is 22.5 Å². The quantitative estimate of drug-likeness (QED) is 0.425. The molecule has 2 aromatic heterocycles. The third kappa shape index (κ3) is 6.63. The van der Waals surface area contributed by atoms with Crippen LogP contribution in [0.3, 0.4) is 0 Å². The number of ether oxygens (including phenoxy) is 2. The highest BCUT2D eigenvalue weighted by Crippen LogP contribution is 2.29. The van der Waals surface area contributed by atoms with Gasteiger partial charge in [0.1, 0.15) is 18.0 Å².